The molecule has 1 aromatic carbocycles. The Morgan fingerprint density at radius 1 is 1.40 bits per heavy atom. The Morgan fingerprint density at radius 3 is 2.85 bits per heavy atom. The van der Waals surface area contributed by atoms with E-state index in [2.05, 4.69) is 48.5 Å². The van der Waals surface area contributed by atoms with Crippen LogP contribution < -0.4 is 10.6 Å². The number of urea groups is 1. The van der Waals surface area contributed by atoms with E-state index in [0.29, 0.717) is 16.0 Å². The maximum atomic E-state index is 11.8. The van der Waals surface area contributed by atoms with Crippen LogP contribution in [0.15, 0.2) is 29.4 Å². The van der Waals surface area contributed by atoms with E-state index in [-0.39, 0.29) is 6.03 Å². The highest BCUT2D eigenvalue weighted by molar-refractivity contribution is 14.1. The standard InChI is InChI=1S/C12H9IN4OS2/c1-2-7-19-12-16-11(20-17-12)15-10(18)14-9-5-3-8(13)4-6-9/h1,3-6H,7H2,(H2,14,15,16,17,18). The first kappa shape index (κ1) is 15.1. The van der Waals surface area contributed by atoms with Crippen molar-refractivity contribution in [1.82, 2.24) is 9.36 Å². The van der Waals surface area contributed by atoms with E-state index in [9.17, 15) is 4.79 Å². The first-order valence-electron chi connectivity index (χ1n) is 5.41. The summed E-state index contributed by atoms with van der Waals surface area (Å²) in [5.41, 5.74) is 0.717. The average molecular weight is 416 g/mol. The van der Waals surface area contributed by atoms with E-state index in [4.69, 9.17) is 6.42 Å². The van der Waals surface area contributed by atoms with Crippen LogP contribution in [0.4, 0.5) is 15.6 Å². The van der Waals surface area contributed by atoms with E-state index in [1.807, 2.05) is 24.3 Å². The first-order valence-corrected chi connectivity index (χ1v) is 8.24. The van der Waals surface area contributed by atoms with Gasteiger partial charge in [0.1, 0.15) is 0 Å². The lowest BCUT2D eigenvalue weighted by Crippen LogP contribution is -2.19. The molecule has 2 aromatic rings. The molecular weight excluding hydrogens is 407 g/mol. The Morgan fingerprint density at radius 2 is 2.15 bits per heavy atom. The van der Waals surface area contributed by atoms with E-state index >= 15 is 0 Å². The van der Waals surface area contributed by atoms with Crippen molar-refractivity contribution < 1.29 is 4.79 Å². The summed E-state index contributed by atoms with van der Waals surface area (Å²) in [6, 6.07) is 7.13. The fraction of sp³-hybridized carbons (Fsp3) is 0.0833. The van der Waals surface area contributed by atoms with E-state index in [1.165, 1.54) is 11.8 Å². The Bertz CT molecular complexity index is 636. The van der Waals surface area contributed by atoms with Crippen molar-refractivity contribution in [1.29, 1.82) is 0 Å². The number of benzene rings is 1. The van der Waals surface area contributed by atoms with Crippen molar-refractivity contribution in [2.75, 3.05) is 16.4 Å². The van der Waals surface area contributed by atoms with E-state index in [1.54, 1.807) is 0 Å². The highest BCUT2D eigenvalue weighted by Crippen LogP contribution is 2.19. The maximum absolute atomic E-state index is 11.8. The Labute approximate surface area is 138 Å². The van der Waals surface area contributed by atoms with Gasteiger partial charge in [-0.05, 0) is 46.9 Å². The molecule has 2 amide bonds. The summed E-state index contributed by atoms with van der Waals surface area (Å²) >= 11 is 4.67. The summed E-state index contributed by atoms with van der Waals surface area (Å²) in [4.78, 5) is 15.9. The number of carbonyl (C=O) groups excluding carboxylic acids is 1. The van der Waals surface area contributed by atoms with Crippen LogP contribution in [0.2, 0.25) is 0 Å². The predicted octanol–water partition coefficient (Wildman–Crippen LogP) is 3.51. The van der Waals surface area contributed by atoms with Gasteiger partial charge in [-0.15, -0.1) is 6.42 Å². The topological polar surface area (TPSA) is 66.9 Å². The summed E-state index contributed by atoms with van der Waals surface area (Å²) < 4.78 is 5.18. The number of hydrogen-bond acceptors (Lipinski definition) is 5. The van der Waals surface area contributed by atoms with Crippen LogP contribution in [0, 0.1) is 15.9 Å². The minimum absolute atomic E-state index is 0.351. The van der Waals surface area contributed by atoms with Gasteiger partial charge >= 0.3 is 6.03 Å². The van der Waals surface area contributed by atoms with Gasteiger partial charge in [0.25, 0.3) is 0 Å². The molecule has 0 spiro atoms. The van der Waals surface area contributed by atoms with Crippen molar-refractivity contribution in [3.8, 4) is 12.3 Å². The number of halogens is 1. The van der Waals surface area contributed by atoms with Gasteiger partial charge in [-0.3, -0.25) is 5.32 Å². The molecule has 0 aliphatic carbocycles. The lowest BCUT2D eigenvalue weighted by molar-refractivity contribution is 0.262. The largest absolute Gasteiger partial charge is 0.325 e. The molecule has 8 heteroatoms. The van der Waals surface area contributed by atoms with Crippen molar-refractivity contribution in [2.45, 2.75) is 5.16 Å². The molecule has 2 rings (SSSR count). The second kappa shape index (κ2) is 7.47. The fourth-order valence-corrected chi connectivity index (χ4v) is 2.80. The molecule has 20 heavy (non-hydrogen) atoms. The number of anilines is 2. The van der Waals surface area contributed by atoms with Gasteiger partial charge in [-0.2, -0.15) is 9.36 Å². The molecule has 0 unspecified atom stereocenters. The molecule has 5 nitrogen and oxygen atoms in total. The Hall–Kier alpha value is -1.31. The van der Waals surface area contributed by atoms with Crippen molar-refractivity contribution >= 4 is 62.7 Å². The lowest BCUT2D eigenvalue weighted by atomic mass is 10.3. The van der Waals surface area contributed by atoms with Gasteiger partial charge < -0.3 is 5.32 Å². The summed E-state index contributed by atoms with van der Waals surface area (Å²) in [6.45, 7) is 0. The molecule has 1 heterocycles. The van der Waals surface area contributed by atoms with Crippen LogP contribution in [0.25, 0.3) is 0 Å². The predicted molar refractivity (Wildman–Crippen MR) is 91.3 cm³/mol. The molecular formula is C12H9IN4OS2. The number of rotatable bonds is 4. The van der Waals surface area contributed by atoms with Crippen molar-refractivity contribution in [3.05, 3.63) is 27.8 Å². The highest BCUT2D eigenvalue weighted by atomic mass is 127. The molecule has 0 bridgehead atoms. The number of thioether (sulfide) groups is 1. The smallest absolute Gasteiger partial charge is 0.308 e. The van der Waals surface area contributed by atoms with Gasteiger partial charge in [0.2, 0.25) is 10.3 Å². The number of hydrogen-bond donors (Lipinski definition) is 2. The zero-order chi connectivity index (χ0) is 14.4. The summed E-state index contributed by atoms with van der Waals surface area (Å²) in [5.74, 6) is 3.00. The van der Waals surface area contributed by atoms with Gasteiger partial charge in [-0.25, -0.2) is 4.79 Å². The summed E-state index contributed by atoms with van der Waals surface area (Å²) in [6.07, 6.45) is 5.16. The van der Waals surface area contributed by atoms with Gasteiger partial charge in [0.15, 0.2) is 0 Å². The molecule has 0 radical (unpaired) electrons. The van der Waals surface area contributed by atoms with Crippen LogP contribution in [0.3, 0.4) is 0 Å². The van der Waals surface area contributed by atoms with Crippen molar-refractivity contribution in [3.63, 3.8) is 0 Å². The normalized spacial score (nSPS) is 9.80. The molecule has 0 fully saturated rings. The van der Waals surface area contributed by atoms with E-state index < -0.39 is 0 Å². The summed E-state index contributed by atoms with van der Waals surface area (Å²) in [5, 5.41) is 6.35. The Balaban J connectivity index is 1.89. The number of nitrogens with one attached hydrogen (secondary N) is 2. The quantitative estimate of drug-likeness (QED) is 0.455. The zero-order valence-electron chi connectivity index (χ0n) is 10.1. The number of aromatic nitrogens is 2. The zero-order valence-corrected chi connectivity index (χ0v) is 13.9. The first-order chi connectivity index (χ1) is 9.67. The SMILES string of the molecule is C#CCSc1nsc(NC(=O)Nc2ccc(I)cc2)n1. The number of carbonyl (C=O) groups is 1. The fourth-order valence-electron chi connectivity index (χ4n) is 1.22. The third kappa shape index (κ3) is 4.66. The van der Waals surface area contributed by atoms with Crippen LogP contribution in [-0.2, 0) is 0 Å². The number of nitrogens with zero attached hydrogens (tertiary/aromatic N) is 2. The molecule has 0 saturated heterocycles. The minimum atomic E-state index is -0.351. The monoisotopic (exact) mass is 416 g/mol. The van der Waals surface area contributed by atoms with E-state index in [0.717, 1.165) is 20.8 Å². The molecule has 102 valence electrons. The third-order valence-corrected chi connectivity index (χ3v) is 4.23. The third-order valence-electron chi connectivity index (χ3n) is 2.01. The molecule has 0 aliphatic rings. The second-order valence-corrected chi connectivity index (χ2v) is 6.40. The van der Waals surface area contributed by atoms with Crippen LogP contribution in [-0.4, -0.2) is 21.1 Å². The highest BCUT2D eigenvalue weighted by Gasteiger charge is 2.08. The number of terminal acetylenes is 1. The van der Waals surface area contributed by atoms with Crippen LogP contribution in [0.1, 0.15) is 0 Å². The summed E-state index contributed by atoms with van der Waals surface area (Å²) in [7, 11) is 0. The van der Waals surface area contributed by atoms with Gasteiger partial charge in [0.05, 0.1) is 5.75 Å². The lowest BCUT2D eigenvalue weighted by Gasteiger charge is -2.04. The molecule has 1 aromatic heterocycles. The van der Waals surface area contributed by atoms with Gasteiger partial charge in [0, 0.05) is 20.8 Å². The molecule has 0 atom stereocenters. The minimum Gasteiger partial charge on any atom is -0.308 e. The Kier molecular flexibility index (Phi) is 5.63. The van der Waals surface area contributed by atoms with Crippen LogP contribution in [0.5, 0.6) is 0 Å². The van der Waals surface area contributed by atoms with Crippen LogP contribution >= 0.6 is 45.9 Å². The van der Waals surface area contributed by atoms with Crippen molar-refractivity contribution in [2.24, 2.45) is 0 Å². The number of amides is 2. The molecule has 0 saturated carbocycles. The average Bonchev–Trinajstić information content (AvgIpc) is 2.86. The molecule has 2 N–H and O–H groups in total. The molecule has 0 aliphatic heterocycles. The van der Waals surface area contributed by atoms with Gasteiger partial charge in [-0.1, -0.05) is 17.7 Å². The second-order valence-electron chi connectivity index (χ2n) is 3.46. The maximum Gasteiger partial charge on any atom is 0.325 e.